The Kier molecular flexibility index (Phi) is 3.68. The molecule has 0 aromatic heterocycles. The minimum Gasteiger partial charge on any atom is -0.508 e. The van der Waals surface area contributed by atoms with Gasteiger partial charge < -0.3 is 15.9 Å². The van der Waals surface area contributed by atoms with Crippen LogP contribution in [0.1, 0.15) is 29.3 Å². The van der Waals surface area contributed by atoms with Crippen LogP contribution in [0.2, 0.25) is 0 Å². The molecule has 0 saturated heterocycles. The first-order valence-corrected chi connectivity index (χ1v) is 4.88. The molecule has 4 nitrogen and oxygen atoms in total. The normalized spacial score (nSPS) is 10.3. The van der Waals surface area contributed by atoms with E-state index in [1.165, 1.54) is 12.1 Å². The zero-order chi connectivity index (χ0) is 11.4. The number of carbonyl (C=O) groups excluding carboxylic acids is 1. The summed E-state index contributed by atoms with van der Waals surface area (Å²) in [5.41, 5.74) is 6.14. The van der Waals surface area contributed by atoms with E-state index in [0.29, 0.717) is 12.0 Å². The van der Waals surface area contributed by atoms with E-state index in [2.05, 4.69) is 0 Å². The predicted molar refractivity (Wildman–Crippen MR) is 57.2 cm³/mol. The van der Waals surface area contributed by atoms with E-state index in [0.717, 1.165) is 0 Å². The quantitative estimate of drug-likeness (QED) is 0.650. The van der Waals surface area contributed by atoms with Gasteiger partial charge in [-0.15, -0.1) is 0 Å². The zero-order valence-electron chi connectivity index (χ0n) is 8.66. The van der Waals surface area contributed by atoms with Crippen molar-refractivity contribution in [3.63, 3.8) is 0 Å². The molecule has 0 atom stereocenters. The van der Waals surface area contributed by atoms with Gasteiger partial charge in [-0.25, -0.2) is 0 Å². The summed E-state index contributed by atoms with van der Waals surface area (Å²) in [4.78, 5) is 11.5. The predicted octanol–water partition coefficient (Wildman–Crippen LogP) is 1.19. The Morgan fingerprint density at radius 1 is 1.33 bits per heavy atom. The van der Waals surface area contributed by atoms with Gasteiger partial charge in [0.1, 0.15) is 11.5 Å². The van der Waals surface area contributed by atoms with Crippen LogP contribution in [0.3, 0.4) is 0 Å². The largest absolute Gasteiger partial charge is 0.508 e. The molecule has 0 heterocycles. The summed E-state index contributed by atoms with van der Waals surface area (Å²) < 4.78 is 0. The van der Waals surface area contributed by atoms with Crippen molar-refractivity contribution >= 4 is 5.78 Å². The number of aromatic hydroxyl groups is 2. The third-order valence-electron chi connectivity index (χ3n) is 2.25. The number of Topliss-reactive ketones (excluding diaryl/α,β-unsaturated/α-hetero) is 1. The van der Waals surface area contributed by atoms with Gasteiger partial charge in [0.25, 0.3) is 0 Å². The maximum atomic E-state index is 11.5. The number of phenolic OH excluding ortho intramolecular Hbond substituents is 2. The fraction of sp³-hybridized carbons (Fsp3) is 0.364. The average Bonchev–Trinajstić information content (AvgIpc) is 2.18. The van der Waals surface area contributed by atoms with Crippen LogP contribution in [0.25, 0.3) is 0 Å². The van der Waals surface area contributed by atoms with Crippen molar-refractivity contribution in [3.05, 3.63) is 23.3 Å². The van der Waals surface area contributed by atoms with Gasteiger partial charge in [0.2, 0.25) is 0 Å². The Bertz CT molecular complexity index is 374. The minimum atomic E-state index is -0.204. The summed E-state index contributed by atoms with van der Waals surface area (Å²) in [7, 11) is 0. The second-order valence-electron chi connectivity index (χ2n) is 3.31. The van der Waals surface area contributed by atoms with E-state index in [4.69, 9.17) is 5.73 Å². The first-order valence-electron chi connectivity index (χ1n) is 4.88. The lowest BCUT2D eigenvalue weighted by Crippen LogP contribution is -2.08. The summed E-state index contributed by atoms with van der Waals surface area (Å²) in [6, 6.07) is 2.71. The molecule has 0 unspecified atom stereocenters. The fourth-order valence-corrected chi connectivity index (χ4v) is 1.39. The molecule has 82 valence electrons. The van der Waals surface area contributed by atoms with E-state index in [9.17, 15) is 15.0 Å². The van der Waals surface area contributed by atoms with Gasteiger partial charge in [0, 0.05) is 12.5 Å². The highest BCUT2D eigenvalue weighted by Crippen LogP contribution is 2.28. The zero-order valence-corrected chi connectivity index (χ0v) is 8.66. The number of carbonyl (C=O) groups is 1. The molecule has 0 spiro atoms. The molecule has 0 aliphatic rings. The molecule has 0 fully saturated rings. The van der Waals surface area contributed by atoms with Gasteiger partial charge in [-0.05, 0) is 24.6 Å². The highest BCUT2D eigenvalue weighted by atomic mass is 16.3. The molecule has 15 heavy (non-hydrogen) atoms. The summed E-state index contributed by atoms with van der Waals surface area (Å²) in [5.74, 6) is -0.382. The summed E-state index contributed by atoms with van der Waals surface area (Å²) in [6.07, 6.45) is 0.802. The maximum absolute atomic E-state index is 11.5. The molecule has 1 aromatic rings. The van der Waals surface area contributed by atoms with Crippen molar-refractivity contribution in [1.29, 1.82) is 0 Å². The van der Waals surface area contributed by atoms with Gasteiger partial charge in [0.15, 0.2) is 5.78 Å². The SMILES string of the molecule is CCc1cc(C(=O)CCN)c(O)cc1O. The number of phenols is 2. The number of benzene rings is 1. The monoisotopic (exact) mass is 209 g/mol. The second kappa shape index (κ2) is 4.79. The topological polar surface area (TPSA) is 83.6 Å². The van der Waals surface area contributed by atoms with E-state index in [-0.39, 0.29) is 35.8 Å². The van der Waals surface area contributed by atoms with Crippen LogP contribution in [-0.4, -0.2) is 22.5 Å². The molecule has 4 N–H and O–H groups in total. The van der Waals surface area contributed by atoms with Crippen LogP contribution < -0.4 is 5.73 Å². The molecule has 0 bridgehead atoms. The second-order valence-corrected chi connectivity index (χ2v) is 3.31. The van der Waals surface area contributed by atoms with Gasteiger partial charge >= 0.3 is 0 Å². The van der Waals surface area contributed by atoms with Crippen LogP contribution >= 0.6 is 0 Å². The Morgan fingerprint density at radius 2 is 2.00 bits per heavy atom. The molecule has 0 aliphatic carbocycles. The Balaban J connectivity index is 3.12. The van der Waals surface area contributed by atoms with Crippen molar-refractivity contribution in [2.45, 2.75) is 19.8 Å². The van der Waals surface area contributed by atoms with Crippen LogP contribution in [0.5, 0.6) is 11.5 Å². The van der Waals surface area contributed by atoms with Crippen molar-refractivity contribution < 1.29 is 15.0 Å². The lowest BCUT2D eigenvalue weighted by atomic mass is 10.0. The molecule has 0 aliphatic heterocycles. The summed E-state index contributed by atoms with van der Waals surface area (Å²) >= 11 is 0. The highest BCUT2D eigenvalue weighted by Gasteiger charge is 2.13. The molecular weight excluding hydrogens is 194 g/mol. The van der Waals surface area contributed by atoms with Gasteiger partial charge in [-0.3, -0.25) is 4.79 Å². The third kappa shape index (κ3) is 2.47. The number of ketones is 1. The Labute approximate surface area is 88.3 Å². The first-order chi connectivity index (χ1) is 7.10. The van der Waals surface area contributed by atoms with Gasteiger partial charge in [-0.1, -0.05) is 6.92 Å². The smallest absolute Gasteiger partial charge is 0.167 e. The lowest BCUT2D eigenvalue weighted by Gasteiger charge is -2.07. The van der Waals surface area contributed by atoms with E-state index < -0.39 is 0 Å². The van der Waals surface area contributed by atoms with Gasteiger partial charge in [-0.2, -0.15) is 0 Å². The third-order valence-corrected chi connectivity index (χ3v) is 2.25. The molecule has 1 rings (SSSR count). The summed E-state index contributed by atoms with van der Waals surface area (Å²) in [5, 5.41) is 18.9. The van der Waals surface area contributed by atoms with Crippen molar-refractivity contribution in [3.8, 4) is 11.5 Å². The van der Waals surface area contributed by atoms with Crippen LogP contribution in [-0.2, 0) is 6.42 Å². The molecule has 0 saturated carbocycles. The fourth-order valence-electron chi connectivity index (χ4n) is 1.39. The average molecular weight is 209 g/mol. The van der Waals surface area contributed by atoms with E-state index in [1.807, 2.05) is 6.92 Å². The van der Waals surface area contributed by atoms with E-state index >= 15 is 0 Å². The molecule has 4 heteroatoms. The standard InChI is InChI=1S/C11H15NO3/c1-2-7-5-8(9(13)3-4-12)11(15)6-10(7)14/h5-6,14-15H,2-4,12H2,1H3. The molecule has 0 amide bonds. The van der Waals surface area contributed by atoms with Gasteiger partial charge in [0.05, 0.1) is 5.56 Å². The van der Waals surface area contributed by atoms with Crippen LogP contribution in [0, 0.1) is 0 Å². The number of hydrogen-bond acceptors (Lipinski definition) is 4. The molecule has 1 aromatic carbocycles. The van der Waals surface area contributed by atoms with Crippen LogP contribution in [0.15, 0.2) is 12.1 Å². The number of nitrogens with two attached hydrogens (primary N) is 1. The molecule has 0 radical (unpaired) electrons. The van der Waals surface area contributed by atoms with Crippen LogP contribution in [0.4, 0.5) is 0 Å². The number of aryl methyl sites for hydroxylation is 1. The Hall–Kier alpha value is -1.55. The Morgan fingerprint density at radius 3 is 2.53 bits per heavy atom. The molecular formula is C11H15NO3. The van der Waals surface area contributed by atoms with Crippen molar-refractivity contribution in [2.75, 3.05) is 6.54 Å². The number of rotatable bonds is 4. The lowest BCUT2D eigenvalue weighted by molar-refractivity contribution is 0.0983. The van der Waals surface area contributed by atoms with Crippen molar-refractivity contribution in [2.24, 2.45) is 5.73 Å². The van der Waals surface area contributed by atoms with E-state index in [1.54, 1.807) is 0 Å². The number of hydrogen-bond donors (Lipinski definition) is 3. The highest BCUT2D eigenvalue weighted by molar-refractivity contribution is 5.99. The maximum Gasteiger partial charge on any atom is 0.167 e. The first kappa shape index (κ1) is 11.5. The minimum absolute atomic E-state index is 0.0132. The summed E-state index contributed by atoms with van der Waals surface area (Å²) in [6.45, 7) is 2.11. The van der Waals surface area contributed by atoms with Crippen molar-refractivity contribution in [1.82, 2.24) is 0 Å².